The van der Waals surface area contributed by atoms with E-state index < -0.39 is 11.8 Å². The smallest absolute Gasteiger partial charge is 0.287 e. The summed E-state index contributed by atoms with van der Waals surface area (Å²) in [6.07, 6.45) is 2.82. The van der Waals surface area contributed by atoms with Crippen LogP contribution in [-0.2, 0) is 4.79 Å². The maximum absolute atomic E-state index is 12.8. The van der Waals surface area contributed by atoms with Gasteiger partial charge in [0.15, 0.2) is 11.5 Å². The number of aromatic hydroxyl groups is 1. The lowest BCUT2D eigenvalue weighted by Crippen LogP contribution is -2.32. The van der Waals surface area contributed by atoms with E-state index in [0.717, 1.165) is 0 Å². The number of ether oxygens (including phenoxy) is 2. The van der Waals surface area contributed by atoms with Crippen molar-refractivity contribution in [1.29, 1.82) is 0 Å². The lowest BCUT2D eigenvalue weighted by atomic mass is 10.1. The summed E-state index contributed by atoms with van der Waals surface area (Å²) in [6.45, 7) is 0.127. The highest BCUT2D eigenvalue weighted by Crippen LogP contribution is 2.33. The molecule has 0 atom stereocenters. The number of hydrogen-bond donors (Lipinski definition) is 3. The SMILES string of the molecule is O=C(NN=Cc1ccccc1O)C(=Cc1ccc2c(c1)OCO2)NC(=O)c1ccccc1. The first kappa shape index (κ1) is 20.7. The average molecular weight is 429 g/mol. The quantitative estimate of drug-likeness (QED) is 0.317. The molecule has 1 aliphatic rings. The van der Waals surface area contributed by atoms with E-state index in [2.05, 4.69) is 15.8 Å². The second-order valence-corrected chi connectivity index (χ2v) is 6.75. The number of hydrogen-bond acceptors (Lipinski definition) is 6. The number of nitrogens with one attached hydrogen (secondary N) is 2. The van der Waals surface area contributed by atoms with Gasteiger partial charge in [-0.15, -0.1) is 0 Å². The summed E-state index contributed by atoms with van der Waals surface area (Å²) in [6, 6.07) is 20.3. The Morgan fingerprint density at radius 1 is 0.938 bits per heavy atom. The van der Waals surface area contributed by atoms with Crippen molar-refractivity contribution in [3.63, 3.8) is 0 Å². The fraction of sp³-hybridized carbons (Fsp3) is 0.0417. The number of amides is 2. The van der Waals surface area contributed by atoms with E-state index in [0.29, 0.717) is 28.2 Å². The van der Waals surface area contributed by atoms with Crippen molar-refractivity contribution in [3.8, 4) is 17.2 Å². The van der Waals surface area contributed by atoms with Gasteiger partial charge in [-0.2, -0.15) is 5.10 Å². The molecule has 0 unspecified atom stereocenters. The van der Waals surface area contributed by atoms with Crippen LogP contribution in [0.15, 0.2) is 83.6 Å². The Labute approximate surface area is 183 Å². The van der Waals surface area contributed by atoms with Crippen molar-refractivity contribution in [2.75, 3.05) is 6.79 Å². The molecule has 3 aromatic rings. The van der Waals surface area contributed by atoms with Gasteiger partial charge in [0.1, 0.15) is 11.4 Å². The monoisotopic (exact) mass is 429 g/mol. The lowest BCUT2D eigenvalue weighted by molar-refractivity contribution is -0.117. The standard InChI is InChI=1S/C24H19N3O5/c28-20-9-5-4-8-18(20)14-25-27-24(30)19(26-23(29)17-6-2-1-3-7-17)12-16-10-11-21-22(13-16)32-15-31-21/h1-14,28H,15H2,(H,26,29)(H,27,30). The molecule has 0 saturated carbocycles. The molecular weight excluding hydrogens is 410 g/mol. The van der Waals surface area contributed by atoms with Crippen LogP contribution in [0.2, 0.25) is 0 Å². The number of para-hydroxylation sites is 1. The molecule has 8 nitrogen and oxygen atoms in total. The van der Waals surface area contributed by atoms with E-state index in [1.807, 2.05) is 0 Å². The third-order valence-corrected chi connectivity index (χ3v) is 4.54. The zero-order valence-corrected chi connectivity index (χ0v) is 16.8. The Kier molecular flexibility index (Phi) is 6.12. The predicted molar refractivity (Wildman–Crippen MR) is 118 cm³/mol. The summed E-state index contributed by atoms with van der Waals surface area (Å²) in [4.78, 5) is 25.4. The molecule has 0 saturated heterocycles. The van der Waals surface area contributed by atoms with Crippen molar-refractivity contribution in [3.05, 3.63) is 95.2 Å². The third-order valence-electron chi connectivity index (χ3n) is 4.54. The normalized spacial score (nSPS) is 12.6. The largest absolute Gasteiger partial charge is 0.507 e. The minimum Gasteiger partial charge on any atom is -0.507 e. The fourth-order valence-electron chi connectivity index (χ4n) is 2.93. The number of carbonyl (C=O) groups excluding carboxylic acids is 2. The second-order valence-electron chi connectivity index (χ2n) is 6.75. The minimum absolute atomic E-state index is 0.0212. The number of benzene rings is 3. The van der Waals surface area contributed by atoms with Gasteiger partial charge in [-0.3, -0.25) is 9.59 Å². The average Bonchev–Trinajstić information content (AvgIpc) is 3.28. The van der Waals surface area contributed by atoms with E-state index in [1.54, 1.807) is 66.7 Å². The molecule has 0 aliphatic carbocycles. The molecule has 1 heterocycles. The maximum Gasteiger partial charge on any atom is 0.287 e. The summed E-state index contributed by atoms with van der Waals surface area (Å²) in [5, 5.41) is 16.3. The van der Waals surface area contributed by atoms with Gasteiger partial charge in [-0.25, -0.2) is 5.43 Å². The molecule has 0 fully saturated rings. The van der Waals surface area contributed by atoms with Crippen molar-refractivity contribution in [2.45, 2.75) is 0 Å². The molecule has 32 heavy (non-hydrogen) atoms. The van der Waals surface area contributed by atoms with Crippen LogP contribution >= 0.6 is 0 Å². The van der Waals surface area contributed by atoms with Gasteiger partial charge in [-0.05, 0) is 48.0 Å². The Balaban J connectivity index is 1.57. The Hall–Kier alpha value is -4.59. The first-order chi connectivity index (χ1) is 15.6. The van der Waals surface area contributed by atoms with Crippen LogP contribution in [0.5, 0.6) is 17.2 Å². The third kappa shape index (κ3) is 4.93. The van der Waals surface area contributed by atoms with Crippen LogP contribution in [-0.4, -0.2) is 29.9 Å². The molecule has 4 rings (SSSR count). The number of nitrogens with zero attached hydrogens (tertiary/aromatic N) is 1. The molecule has 0 spiro atoms. The van der Waals surface area contributed by atoms with Gasteiger partial charge in [0.25, 0.3) is 11.8 Å². The number of hydrazone groups is 1. The highest BCUT2D eigenvalue weighted by molar-refractivity contribution is 6.05. The first-order valence-electron chi connectivity index (χ1n) is 9.69. The van der Waals surface area contributed by atoms with Crippen molar-refractivity contribution < 1.29 is 24.2 Å². The minimum atomic E-state index is -0.640. The molecule has 3 aromatic carbocycles. The molecule has 160 valence electrons. The zero-order chi connectivity index (χ0) is 22.3. The molecular formula is C24H19N3O5. The van der Waals surface area contributed by atoms with E-state index in [1.165, 1.54) is 18.4 Å². The van der Waals surface area contributed by atoms with Crippen LogP contribution in [0.4, 0.5) is 0 Å². The highest BCUT2D eigenvalue weighted by atomic mass is 16.7. The summed E-state index contributed by atoms with van der Waals surface area (Å²) >= 11 is 0. The maximum atomic E-state index is 12.8. The Morgan fingerprint density at radius 3 is 2.50 bits per heavy atom. The molecule has 0 radical (unpaired) electrons. The number of fused-ring (bicyclic) bond motifs is 1. The van der Waals surface area contributed by atoms with E-state index in [9.17, 15) is 14.7 Å². The first-order valence-corrected chi connectivity index (χ1v) is 9.69. The van der Waals surface area contributed by atoms with Crippen LogP contribution in [0.1, 0.15) is 21.5 Å². The molecule has 2 amide bonds. The van der Waals surface area contributed by atoms with Crippen LogP contribution in [0.25, 0.3) is 6.08 Å². The second kappa shape index (κ2) is 9.48. The lowest BCUT2D eigenvalue weighted by Gasteiger charge is -2.09. The number of phenols is 1. The zero-order valence-electron chi connectivity index (χ0n) is 16.8. The van der Waals surface area contributed by atoms with Gasteiger partial charge < -0.3 is 19.9 Å². The van der Waals surface area contributed by atoms with Crippen molar-refractivity contribution in [1.82, 2.24) is 10.7 Å². The predicted octanol–water partition coefficient (Wildman–Crippen LogP) is 3.04. The van der Waals surface area contributed by atoms with Crippen molar-refractivity contribution >= 4 is 24.1 Å². The number of phenolic OH excluding ortho intramolecular Hbond substituents is 1. The topological polar surface area (TPSA) is 109 Å². The molecule has 3 N–H and O–H groups in total. The van der Waals surface area contributed by atoms with Gasteiger partial charge >= 0.3 is 0 Å². The summed E-state index contributed by atoms with van der Waals surface area (Å²) in [5.41, 5.74) is 3.80. The van der Waals surface area contributed by atoms with Crippen LogP contribution < -0.4 is 20.2 Å². The molecule has 0 bridgehead atoms. The Bertz CT molecular complexity index is 1210. The Morgan fingerprint density at radius 2 is 1.69 bits per heavy atom. The summed E-state index contributed by atoms with van der Waals surface area (Å²) in [7, 11) is 0. The van der Waals surface area contributed by atoms with E-state index >= 15 is 0 Å². The highest BCUT2D eigenvalue weighted by Gasteiger charge is 2.16. The molecule has 8 heteroatoms. The summed E-state index contributed by atoms with van der Waals surface area (Å²) in [5.74, 6) is 0.0919. The van der Waals surface area contributed by atoms with Gasteiger partial charge in [0.2, 0.25) is 6.79 Å². The van der Waals surface area contributed by atoms with E-state index in [-0.39, 0.29) is 18.2 Å². The molecule has 0 aromatic heterocycles. The number of carbonyl (C=O) groups is 2. The number of rotatable bonds is 6. The van der Waals surface area contributed by atoms with Crippen LogP contribution in [0.3, 0.4) is 0 Å². The van der Waals surface area contributed by atoms with Gasteiger partial charge in [0.05, 0.1) is 6.21 Å². The van der Waals surface area contributed by atoms with Crippen LogP contribution in [0, 0.1) is 0 Å². The van der Waals surface area contributed by atoms with E-state index in [4.69, 9.17) is 9.47 Å². The molecule has 1 aliphatic heterocycles. The fourth-order valence-corrected chi connectivity index (χ4v) is 2.93. The summed E-state index contributed by atoms with van der Waals surface area (Å²) < 4.78 is 10.7. The van der Waals surface area contributed by atoms with Gasteiger partial charge in [0, 0.05) is 11.1 Å². The van der Waals surface area contributed by atoms with Gasteiger partial charge in [-0.1, -0.05) is 36.4 Å². The van der Waals surface area contributed by atoms with Crippen molar-refractivity contribution in [2.24, 2.45) is 5.10 Å².